The van der Waals surface area contributed by atoms with Crippen LogP contribution in [-0.2, 0) is 24.7 Å². The molecule has 1 aliphatic rings. The summed E-state index contributed by atoms with van der Waals surface area (Å²) in [5.41, 5.74) is -1.10. The Morgan fingerprint density at radius 3 is 2.05 bits per heavy atom. The maximum atomic E-state index is 12.5. The third kappa shape index (κ3) is 3.01. The topological polar surface area (TPSA) is 109 Å². The molecule has 0 amide bonds. The van der Waals surface area contributed by atoms with Gasteiger partial charge in [0, 0.05) is 19.3 Å². The van der Waals surface area contributed by atoms with Gasteiger partial charge in [0.15, 0.2) is 9.84 Å². The highest BCUT2D eigenvalue weighted by Crippen LogP contribution is 2.33. The monoisotopic (exact) mass is 347 g/mol. The fourth-order valence-corrected chi connectivity index (χ4v) is 4.50. The third-order valence-corrected chi connectivity index (χ3v) is 6.83. The molecule has 2 rings (SSSR count). The van der Waals surface area contributed by atoms with Gasteiger partial charge in [0.05, 0.1) is 15.2 Å². The first kappa shape index (κ1) is 16.9. The summed E-state index contributed by atoms with van der Waals surface area (Å²) in [6.07, 6.45) is 1.28. The van der Waals surface area contributed by atoms with Crippen molar-refractivity contribution < 1.29 is 26.7 Å². The Labute approximate surface area is 129 Å². The van der Waals surface area contributed by atoms with Gasteiger partial charge in [-0.05, 0) is 37.6 Å². The SMILES string of the molecule is CC1(C(=O)O)CCN(S(=O)(=O)c2ccc(S(C)(=O)=O)cc2)C1. The maximum Gasteiger partial charge on any atom is 0.310 e. The summed E-state index contributed by atoms with van der Waals surface area (Å²) in [7, 11) is -7.23. The second kappa shape index (κ2) is 5.32. The second-order valence-corrected chi connectivity index (χ2v) is 9.65. The number of carbonyl (C=O) groups is 1. The van der Waals surface area contributed by atoms with Crippen molar-refractivity contribution in [2.75, 3.05) is 19.3 Å². The molecule has 0 bridgehead atoms. The lowest BCUT2D eigenvalue weighted by Gasteiger charge is -2.20. The fraction of sp³-hybridized carbons (Fsp3) is 0.462. The van der Waals surface area contributed by atoms with E-state index < -0.39 is 31.2 Å². The fourth-order valence-electron chi connectivity index (χ4n) is 2.31. The largest absolute Gasteiger partial charge is 0.481 e. The average molecular weight is 347 g/mol. The van der Waals surface area contributed by atoms with Crippen LogP contribution in [0, 0.1) is 5.41 Å². The molecule has 0 radical (unpaired) electrons. The number of rotatable bonds is 4. The molecular formula is C13H17NO6S2. The van der Waals surface area contributed by atoms with Crippen molar-refractivity contribution in [3.8, 4) is 0 Å². The molecule has 122 valence electrons. The number of carboxylic acid groups (broad SMARTS) is 1. The summed E-state index contributed by atoms with van der Waals surface area (Å²) in [4.78, 5) is 11.2. The predicted molar refractivity (Wildman–Crippen MR) is 78.7 cm³/mol. The van der Waals surface area contributed by atoms with Crippen LogP contribution in [-0.4, -0.2) is 51.6 Å². The van der Waals surface area contributed by atoms with Crippen LogP contribution in [0.25, 0.3) is 0 Å². The molecule has 1 N–H and O–H groups in total. The normalized spacial score (nSPS) is 23.5. The number of hydrogen-bond acceptors (Lipinski definition) is 5. The minimum Gasteiger partial charge on any atom is -0.481 e. The van der Waals surface area contributed by atoms with E-state index in [-0.39, 0.29) is 29.3 Å². The number of nitrogens with zero attached hydrogens (tertiary/aromatic N) is 1. The highest BCUT2D eigenvalue weighted by molar-refractivity contribution is 7.90. The van der Waals surface area contributed by atoms with E-state index in [1.165, 1.54) is 31.2 Å². The number of sulfone groups is 1. The molecular weight excluding hydrogens is 330 g/mol. The van der Waals surface area contributed by atoms with Crippen LogP contribution in [0.1, 0.15) is 13.3 Å². The lowest BCUT2D eigenvalue weighted by Crippen LogP contribution is -2.34. The Hall–Kier alpha value is -1.45. The smallest absolute Gasteiger partial charge is 0.310 e. The zero-order chi connectivity index (χ0) is 16.8. The highest BCUT2D eigenvalue weighted by Gasteiger charge is 2.44. The molecule has 0 aromatic heterocycles. The van der Waals surface area contributed by atoms with Crippen LogP contribution in [0.2, 0.25) is 0 Å². The molecule has 0 aliphatic carbocycles. The van der Waals surface area contributed by atoms with Gasteiger partial charge in [-0.1, -0.05) is 0 Å². The number of aliphatic carboxylic acids is 1. The molecule has 1 saturated heterocycles. The predicted octanol–water partition coefficient (Wildman–Crippen LogP) is 0.575. The van der Waals surface area contributed by atoms with Gasteiger partial charge in [0.25, 0.3) is 0 Å². The van der Waals surface area contributed by atoms with E-state index in [1.54, 1.807) is 0 Å². The molecule has 1 unspecified atom stereocenters. The van der Waals surface area contributed by atoms with Gasteiger partial charge in [-0.3, -0.25) is 4.79 Å². The minimum atomic E-state index is -3.83. The van der Waals surface area contributed by atoms with Crippen molar-refractivity contribution in [3.05, 3.63) is 24.3 Å². The average Bonchev–Trinajstić information content (AvgIpc) is 2.83. The number of hydrogen-bond donors (Lipinski definition) is 1. The van der Waals surface area contributed by atoms with E-state index >= 15 is 0 Å². The zero-order valence-corrected chi connectivity index (χ0v) is 13.8. The van der Waals surface area contributed by atoms with Gasteiger partial charge in [-0.25, -0.2) is 16.8 Å². The highest BCUT2D eigenvalue weighted by atomic mass is 32.2. The van der Waals surface area contributed by atoms with Crippen LogP contribution in [0.15, 0.2) is 34.1 Å². The van der Waals surface area contributed by atoms with E-state index in [2.05, 4.69) is 0 Å². The molecule has 1 heterocycles. The van der Waals surface area contributed by atoms with E-state index in [1.807, 2.05) is 0 Å². The van der Waals surface area contributed by atoms with E-state index in [0.29, 0.717) is 0 Å². The van der Waals surface area contributed by atoms with Crippen LogP contribution in [0.4, 0.5) is 0 Å². The first-order chi connectivity index (χ1) is 9.97. The Bertz CT molecular complexity index is 797. The summed E-state index contributed by atoms with van der Waals surface area (Å²) in [6.45, 7) is 1.54. The third-order valence-electron chi connectivity index (χ3n) is 3.84. The second-order valence-electron chi connectivity index (χ2n) is 5.70. The Morgan fingerprint density at radius 1 is 1.14 bits per heavy atom. The van der Waals surface area contributed by atoms with Gasteiger partial charge in [-0.2, -0.15) is 4.31 Å². The molecule has 1 atom stereocenters. The summed E-state index contributed by atoms with van der Waals surface area (Å²) in [6, 6.07) is 4.91. The van der Waals surface area contributed by atoms with Crippen LogP contribution in [0.3, 0.4) is 0 Å². The van der Waals surface area contributed by atoms with Crippen LogP contribution < -0.4 is 0 Å². The van der Waals surface area contributed by atoms with E-state index in [9.17, 15) is 21.6 Å². The van der Waals surface area contributed by atoms with Crippen molar-refractivity contribution in [1.29, 1.82) is 0 Å². The minimum absolute atomic E-state index is 0.0308. The van der Waals surface area contributed by atoms with E-state index in [4.69, 9.17) is 5.11 Å². The van der Waals surface area contributed by atoms with E-state index in [0.717, 1.165) is 10.6 Å². The van der Waals surface area contributed by atoms with Crippen LogP contribution >= 0.6 is 0 Å². The van der Waals surface area contributed by atoms with Crippen molar-refractivity contribution in [3.63, 3.8) is 0 Å². The van der Waals surface area contributed by atoms with Gasteiger partial charge < -0.3 is 5.11 Å². The number of carboxylic acids is 1. The zero-order valence-electron chi connectivity index (χ0n) is 12.2. The molecule has 0 spiro atoms. The summed E-state index contributed by atoms with van der Waals surface area (Å²) < 4.78 is 48.9. The lowest BCUT2D eigenvalue weighted by molar-refractivity contribution is -0.146. The van der Waals surface area contributed by atoms with Gasteiger partial charge in [0.1, 0.15) is 0 Å². The molecule has 22 heavy (non-hydrogen) atoms. The number of sulfonamides is 1. The van der Waals surface area contributed by atoms with Gasteiger partial charge in [0.2, 0.25) is 10.0 Å². The summed E-state index contributed by atoms with van der Waals surface area (Å²) in [5.74, 6) is -1.03. The molecule has 7 nitrogen and oxygen atoms in total. The lowest BCUT2D eigenvalue weighted by atomic mass is 9.90. The van der Waals surface area contributed by atoms with Gasteiger partial charge >= 0.3 is 5.97 Å². The molecule has 1 aliphatic heterocycles. The van der Waals surface area contributed by atoms with Crippen molar-refractivity contribution in [2.45, 2.75) is 23.1 Å². The van der Waals surface area contributed by atoms with Crippen molar-refractivity contribution in [2.24, 2.45) is 5.41 Å². The van der Waals surface area contributed by atoms with Crippen LogP contribution in [0.5, 0.6) is 0 Å². The Kier molecular flexibility index (Phi) is 4.09. The molecule has 0 saturated carbocycles. The maximum absolute atomic E-state index is 12.5. The van der Waals surface area contributed by atoms with Crippen molar-refractivity contribution >= 4 is 25.8 Å². The Balaban J connectivity index is 2.31. The molecule has 9 heteroatoms. The summed E-state index contributed by atoms with van der Waals surface area (Å²) >= 11 is 0. The first-order valence-corrected chi connectivity index (χ1v) is 9.84. The van der Waals surface area contributed by atoms with Gasteiger partial charge in [-0.15, -0.1) is 0 Å². The quantitative estimate of drug-likeness (QED) is 0.853. The molecule has 1 aromatic carbocycles. The number of benzene rings is 1. The molecule has 1 fully saturated rings. The molecule has 1 aromatic rings. The first-order valence-electron chi connectivity index (χ1n) is 6.50. The Morgan fingerprint density at radius 2 is 1.64 bits per heavy atom. The summed E-state index contributed by atoms with van der Waals surface area (Å²) in [5, 5.41) is 9.16. The van der Waals surface area contributed by atoms with Crippen molar-refractivity contribution in [1.82, 2.24) is 4.31 Å². The standard InChI is InChI=1S/C13H17NO6S2/c1-13(12(15)16)7-8-14(9-13)22(19,20)11-5-3-10(4-6-11)21(2,17)18/h3-6H,7-9H2,1-2H3,(H,15,16).